The summed E-state index contributed by atoms with van der Waals surface area (Å²) in [6.07, 6.45) is -0.605. The number of nitrogens with zero attached hydrogens (tertiary/aromatic N) is 3. The maximum Gasteiger partial charge on any atom is 0.290 e. The number of hydrogen-bond acceptors (Lipinski definition) is 7. The van der Waals surface area contributed by atoms with Crippen molar-refractivity contribution in [1.29, 1.82) is 0 Å². The Morgan fingerprint density at radius 1 is 1.24 bits per heavy atom. The molecule has 0 radical (unpaired) electrons. The molecule has 1 N–H and O–H groups in total. The predicted molar refractivity (Wildman–Crippen MR) is 114 cm³/mol. The fourth-order valence-corrected chi connectivity index (χ4v) is 7.19. The first-order valence-corrected chi connectivity index (χ1v) is 13.9. The molecule has 1 unspecified atom stereocenters. The number of sulfone groups is 1. The monoisotopic (exact) mass is 502 g/mol. The minimum Gasteiger partial charge on any atom is -0.332 e. The Balaban J connectivity index is 1.64. The van der Waals surface area contributed by atoms with Gasteiger partial charge in [-0.25, -0.2) is 35.9 Å². The number of benzene rings is 1. The minimum atomic E-state index is -3.81. The second kappa shape index (κ2) is 7.12. The number of rotatable bonds is 4. The molecular formula is C20H21F3N4O4S2. The van der Waals surface area contributed by atoms with Crippen LogP contribution in [0.2, 0.25) is 0 Å². The quantitative estimate of drug-likeness (QED) is 0.682. The van der Waals surface area contributed by atoms with Crippen molar-refractivity contribution in [3.63, 3.8) is 0 Å². The Morgan fingerprint density at radius 3 is 2.61 bits per heavy atom. The fraction of sp³-hybridized carbons (Fsp3) is 0.500. The number of sulfonamides is 1. The normalized spacial score (nSPS) is 27.2. The van der Waals surface area contributed by atoms with Gasteiger partial charge in [-0.05, 0) is 25.0 Å². The topological polar surface area (TPSA) is 109 Å². The van der Waals surface area contributed by atoms with Crippen LogP contribution in [0.5, 0.6) is 0 Å². The summed E-state index contributed by atoms with van der Waals surface area (Å²) in [5, 5.41) is 0. The largest absolute Gasteiger partial charge is 0.332 e. The molecule has 1 aromatic heterocycles. The highest BCUT2D eigenvalue weighted by atomic mass is 32.2. The van der Waals surface area contributed by atoms with Gasteiger partial charge in [0.05, 0.1) is 41.2 Å². The van der Waals surface area contributed by atoms with Crippen molar-refractivity contribution in [3.05, 3.63) is 35.0 Å². The van der Waals surface area contributed by atoms with Gasteiger partial charge in [-0.2, -0.15) is 8.78 Å². The van der Waals surface area contributed by atoms with E-state index in [-0.39, 0.29) is 40.6 Å². The molecule has 1 aliphatic carbocycles. The molecule has 1 aromatic carbocycles. The van der Waals surface area contributed by atoms with Crippen LogP contribution in [0.25, 0.3) is 11.3 Å². The van der Waals surface area contributed by atoms with Gasteiger partial charge < -0.3 is 4.90 Å². The number of fused-ring (bicyclic) bond motifs is 2. The summed E-state index contributed by atoms with van der Waals surface area (Å²) in [4.78, 5) is 9.93. The van der Waals surface area contributed by atoms with Crippen LogP contribution in [0, 0.1) is 0 Å². The SMILES string of the molecule is C[C@H]1[C@H](F)CN1c1nc(-c2ccc3c(c2)S(=O)(=O)CC3NS(C)(=O)=O)c2c(n1)C(F)(F)CC2. The van der Waals surface area contributed by atoms with E-state index in [4.69, 9.17) is 0 Å². The number of halogens is 3. The van der Waals surface area contributed by atoms with Gasteiger partial charge in [-0.1, -0.05) is 12.1 Å². The molecule has 0 saturated carbocycles. The van der Waals surface area contributed by atoms with E-state index in [1.54, 1.807) is 6.92 Å². The van der Waals surface area contributed by atoms with Crippen LogP contribution < -0.4 is 9.62 Å². The second-order valence-corrected chi connectivity index (χ2v) is 12.6. The highest BCUT2D eigenvalue weighted by molar-refractivity contribution is 7.92. The molecule has 33 heavy (non-hydrogen) atoms. The second-order valence-electron chi connectivity index (χ2n) is 8.79. The first-order chi connectivity index (χ1) is 15.3. The molecule has 0 amide bonds. The third-order valence-electron chi connectivity index (χ3n) is 6.41. The van der Waals surface area contributed by atoms with Crippen LogP contribution in [0.4, 0.5) is 19.1 Å². The molecular weight excluding hydrogens is 481 g/mol. The van der Waals surface area contributed by atoms with Crippen LogP contribution in [0.15, 0.2) is 23.1 Å². The van der Waals surface area contributed by atoms with Crippen molar-refractivity contribution < 1.29 is 30.0 Å². The van der Waals surface area contributed by atoms with E-state index in [9.17, 15) is 30.0 Å². The lowest BCUT2D eigenvalue weighted by molar-refractivity contribution is -0.00598. The Kier molecular flexibility index (Phi) is 4.87. The summed E-state index contributed by atoms with van der Waals surface area (Å²) in [5.41, 5.74) is 0.586. The van der Waals surface area contributed by atoms with Crippen molar-refractivity contribution in [3.8, 4) is 11.3 Å². The van der Waals surface area contributed by atoms with E-state index in [0.717, 1.165) is 6.26 Å². The van der Waals surface area contributed by atoms with Gasteiger partial charge in [-0.3, -0.25) is 0 Å². The number of hydrogen-bond donors (Lipinski definition) is 1. The summed E-state index contributed by atoms with van der Waals surface area (Å²) >= 11 is 0. The summed E-state index contributed by atoms with van der Waals surface area (Å²) in [5.74, 6) is -3.63. The zero-order valence-electron chi connectivity index (χ0n) is 17.7. The molecule has 3 atom stereocenters. The van der Waals surface area contributed by atoms with E-state index in [2.05, 4.69) is 14.7 Å². The van der Waals surface area contributed by atoms with Crippen molar-refractivity contribution >= 4 is 25.8 Å². The highest BCUT2D eigenvalue weighted by Crippen LogP contribution is 2.46. The summed E-state index contributed by atoms with van der Waals surface area (Å²) < 4.78 is 94.0. The molecule has 13 heteroatoms. The van der Waals surface area contributed by atoms with Crippen LogP contribution in [0.3, 0.4) is 0 Å². The molecule has 1 fully saturated rings. The van der Waals surface area contributed by atoms with E-state index >= 15 is 0 Å². The Labute approximate surface area is 189 Å². The molecule has 3 aliphatic rings. The zero-order chi connectivity index (χ0) is 23.9. The van der Waals surface area contributed by atoms with Gasteiger partial charge in [-0.15, -0.1) is 0 Å². The lowest BCUT2D eigenvalue weighted by Crippen LogP contribution is -2.57. The van der Waals surface area contributed by atoms with E-state index in [1.807, 2.05) is 0 Å². The van der Waals surface area contributed by atoms with Crippen LogP contribution in [-0.4, -0.2) is 57.6 Å². The average Bonchev–Trinajstić information content (AvgIpc) is 3.16. The maximum atomic E-state index is 14.6. The van der Waals surface area contributed by atoms with Crippen molar-refractivity contribution in [1.82, 2.24) is 14.7 Å². The smallest absolute Gasteiger partial charge is 0.290 e. The maximum absolute atomic E-state index is 14.6. The minimum absolute atomic E-state index is 0.0115. The van der Waals surface area contributed by atoms with E-state index < -0.39 is 61.9 Å². The van der Waals surface area contributed by atoms with Gasteiger partial charge in [0.25, 0.3) is 5.92 Å². The number of nitrogens with one attached hydrogen (secondary N) is 1. The first-order valence-electron chi connectivity index (χ1n) is 10.3. The summed E-state index contributed by atoms with van der Waals surface area (Å²) in [6, 6.07) is 2.86. The van der Waals surface area contributed by atoms with Gasteiger partial charge in [0, 0.05) is 17.5 Å². The third kappa shape index (κ3) is 3.69. The Bertz CT molecular complexity index is 1380. The zero-order valence-corrected chi connectivity index (χ0v) is 19.4. The number of alkyl halides is 3. The van der Waals surface area contributed by atoms with Gasteiger partial charge in [0.1, 0.15) is 11.9 Å². The van der Waals surface area contributed by atoms with Crippen molar-refractivity contribution in [2.24, 2.45) is 0 Å². The molecule has 8 nitrogen and oxygen atoms in total. The van der Waals surface area contributed by atoms with E-state index in [1.165, 1.54) is 23.1 Å². The lowest BCUT2D eigenvalue weighted by atomic mass is 10.0. The molecule has 178 valence electrons. The molecule has 0 spiro atoms. The molecule has 1 saturated heterocycles. The van der Waals surface area contributed by atoms with Gasteiger partial charge in [0.15, 0.2) is 9.84 Å². The molecule has 2 aromatic rings. The predicted octanol–water partition coefficient (Wildman–Crippen LogP) is 2.11. The van der Waals surface area contributed by atoms with Gasteiger partial charge in [0.2, 0.25) is 16.0 Å². The number of anilines is 1. The average molecular weight is 503 g/mol. The molecule has 5 rings (SSSR count). The van der Waals surface area contributed by atoms with Crippen LogP contribution >= 0.6 is 0 Å². The first kappa shape index (κ1) is 22.5. The van der Waals surface area contributed by atoms with E-state index in [0.29, 0.717) is 5.56 Å². The van der Waals surface area contributed by atoms with Crippen LogP contribution in [0.1, 0.15) is 36.2 Å². The highest BCUT2D eigenvalue weighted by Gasteiger charge is 2.45. The Morgan fingerprint density at radius 2 is 1.97 bits per heavy atom. The molecule has 2 aliphatic heterocycles. The third-order valence-corrected chi connectivity index (χ3v) is 8.92. The molecule has 3 heterocycles. The standard InChI is InChI=1S/C20H21F3N4O4S2/c1-10-14(21)8-27(10)19-24-17(13-5-6-20(22,23)18(13)25-19)11-3-4-12-15(26-32(2,28)29)9-33(30,31)16(12)7-11/h3-4,7,10,14-15,26H,5-6,8-9H2,1-2H3/t10-,14+,15?/m0/s1. The van der Waals surface area contributed by atoms with Gasteiger partial charge >= 0.3 is 0 Å². The Hall–Kier alpha value is -2.25. The van der Waals surface area contributed by atoms with Crippen molar-refractivity contribution in [2.75, 3.05) is 23.5 Å². The lowest BCUT2D eigenvalue weighted by Gasteiger charge is -2.42. The summed E-state index contributed by atoms with van der Waals surface area (Å²) in [7, 11) is -7.47. The molecule has 0 bridgehead atoms. The van der Waals surface area contributed by atoms with Crippen molar-refractivity contribution in [2.45, 2.75) is 48.8 Å². The summed E-state index contributed by atoms with van der Waals surface area (Å²) in [6.45, 7) is 1.60. The number of aromatic nitrogens is 2. The van der Waals surface area contributed by atoms with Crippen LogP contribution in [-0.2, 0) is 32.2 Å². The fourth-order valence-electron chi connectivity index (χ4n) is 4.60.